The van der Waals surface area contributed by atoms with Crippen LogP contribution in [0.3, 0.4) is 0 Å². The van der Waals surface area contributed by atoms with E-state index in [0.29, 0.717) is 18.4 Å². The smallest absolute Gasteiger partial charge is 0.336 e. The predicted molar refractivity (Wildman–Crippen MR) is 169 cm³/mol. The molecule has 0 saturated heterocycles. The first-order valence-corrected chi connectivity index (χ1v) is 15.3. The Kier molecular flexibility index (Phi) is 17.2. The molecular weight excluding hydrogens is 528 g/mol. The Balaban J connectivity index is 0.000000298. The highest BCUT2D eigenvalue weighted by Crippen LogP contribution is 2.34. The highest BCUT2D eigenvalue weighted by molar-refractivity contribution is 5.91. The second kappa shape index (κ2) is 21.0. The molecule has 42 heavy (non-hydrogen) atoms. The average molecular weight is 577 g/mol. The van der Waals surface area contributed by atoms with E-state index in [0.717, 1.165) is 18.4 Å². The molecule has 0 aliphatic rings. The van der Waals surface area contributed by atoms with Gasteiger partial charge in [0.25, 0.3) is 0 Å². The number of hydrogen-bond acceptors (Lipinski definition) is 4. The molecule has 0 amide bonds. The quantitative estimate of drug-likeness (QED) is 0.123. The Morgan fingerprint density at radius 2 is 1.10 bits per heavy atom. The molecule has 0 spiro atoms. The zero-order chi connectivity index (χ0) is 30.4. The summed E-state index contributed by atoms with van der Waals surface area (Å²) in [5, 5.41) is 27.8. The number of aromatic carboxylic acids is 1. The molecule has 0 aromatic heterocycles. The highest BCUT2D eigenvalue weighted by atomic mass is 16.5. The van der Waals surface area contributed by atoms with Crippen LogP contribution in [0.2, 0.25) is 0 Å². The molecule has 228 valence electrons. The van der Waals surface area contributed by atoms with Crippen LogP contribution < -0.4 is 4.74 Å². The van der Waals surface area contributed by atoms with E-state index >= 15 is 0 Å². The van der Waals surface area contributed by atoms with E-state index < -0.39 is 11.9 Å². The SMILES string of the molecule is COc1ccc(C(=O)O)c(Cc2ccccc2)c1O.O=C(O)CCCCCCCCCCCCCCc1ccccc1. The van der Waals surface area contributed by atoms with Gasteiger partial charge in [-0.25, -0.2) is 4.79 Å². The number of carboxylic acid groups (broad SMARTS) is 2. The van der Waals surface area contributed by atoms with Crippen LogP contribution in [-0.2, 0) is 17.6 Å². The summed E-state index contributed by atoms with van der Waals surface area (Å²) >= 11 is 0. The van der Waals surface area contributed by atoms with Gasteiger partial charge in [0.05, 0.1) is 12.7 Å². The van der Waals surface area contributed by atoms with E-state index in [4.69, 9.17) is 9.84 Å². The summed E-state index contributed by atoms with van der Waals surface area (Å²) < 4.78 is 5.02. The number of ether oxygens (including phenoxy) is 1. The monoisotopic (exact) mass is 576 g/mol. The van der Waals surface area contributed by atoms with E-state index in [-0.39, 0.29) is 17.1 Å². The lowest BCUT2D eigenvalue weighted by atomic mass is 9.98. The molecule has 0 atom stereocenters. The molecule has 0 heterocycles. The van der Waals surface area contributed by atoms with Crippen LogP contribution >= 0.6 is 0 Å². The number of phenols is 1. The third-order valence-electron chi connectivity index (χ3n) is 7.37. The minimum absolute atomic E-state index is 0.0853. The molecule has 3 aromatic rings. The van der Waals surface area contributed by atoms with Crippen molar-refractivity contribution in [2.75, 3.05) is 7.11 Å². The first kappa shape index (κ1) is 34.4. The number of rotatable bonds is 19. The van der Waals surface area contributed by atoms with E-state index in [1.165, 1.54) is 95.4 Å². The van der Waals surface area contributed by atoms with Crippen molar-refractivity contribution >= 4 is 11.9 Å². The van der Waals surface area contributed by atoms with E-state index in [9.17, 15) is 19.8 Å². The summed E-state index contributed by atoms with van der Waals surface area (Å²) in [4.78, 5) is 21.6. The van der Waals surface area contributed by atoms with Crippen molar-refractivity contribution in [2.45, 2.75) is 96.3 Å². The van der Waals surface area contributed by atoms with E-state index in [1.807, 2.05) is 30.3 Å². The second-order valence-electron chi connectivity index (χ2n) is 10.7. The van der Waals surface area contributed by atoms with Crippen molar-refractivity contribution < 1.29 is 29.6 Å². The van der Waals surface area contributed by atoms with Crippen molar-refractivity contribution in [3.8, 4) is 11.5 Å². The standard InChI is InChI=1S/C21H34O2.C15H14O4/c22-21(23)19-15-10-8-6-4-2-1-3-5-7-9-12-16-20-17-13-11-14-18-20;1-19-13-8-7-11(15(17)18)12(14(13)16)9-10-5-3-2-4-6-10/h11,13-14,17-18H,1-10,12,15-16,19H2,(H,22,23);2-8,16H,9H2,1H3,(H,17,18). The van der Waals surface area contributed by atoms with Crippen LogP contribution in [0.4, 0.5) is 0 Å². The van der Waals surface area contributed by atoms with Gasteiger partial charge in [-0.05, 0) is 42.5 Å². The zero-order valence-corrected chi connectivity index (χ0v) is 25.1. The number of aliphatic carboxylic acids is 1. The number of aryl methyl sites for hydroxylation is 1. The summed E-state index contributed by atoms with van der Waals surface area (Å²) in [6, 6.07) is 23.1. The van der Waals surface area contributed by atoms with Crippen LogP contribution in [0.25, 0.3) is 0 Å². The Bertz CT molecular complexity index is 1160. The number of methoxy groups -OCH3 is 1. The Hall–Kier alpha value is -3.80. The maximum Gasteiger partial charge on any atom is 0.336 e. The average Bonchev–Trinajstić information content (AvgIpc) is 2.99. The summed E-state index contributed by atoms with van der Waals surface area (Å²) in [6.45, 7) is 0. The number of carboxylic acids is 2. The van der Waals surface area contributed by atoms with Crippen LogP contribution in [-0.4, -0.2) is 34.4 Å². The number of aromatic hydroxyl groups is 1. The fourth-order valence-corrected chi connectivity index (χ4v) is 4.98. The second-order valence-corrected chi connectivity index (χ2v) is 10.7. The van der Waals surface area contributed by atoms with Gasteiger partial charge in [-0.3, -0.25) is 4.79 Å². The minimum atomic E-state index is -1.07. The van der Waals surface area contributed by atoms with Crippen molar-refractivity contribution in [2.24, 2.45) is 0 Å². The van der Waals surface area contributed by atoms with Gasteiger partial charge in [0.15, 0.2) is 11.5 Å². The lowest BCUT2D eigenvalue weighted by Gasteiger charge is -2.12. The molecule has 0 bridgehead atoms. The highest BCUT2D eigenvalue weighted by Gasteiger charge is 2.18. The molecule has 0 saturated carbocycles. The van der Waals surface area contributed by atoms with Gasteiger partial charge < -0.3 is 20.1 Å². The molecule has 0 aliphatic heterocycles. The number of hydrogen-bond donors (Lipinski definition) is 3. The topological polar surface area (TPSA) is 104 Å². The Morgan fingerprint density at radius 3 is 1.57 bits per heavy atom. The fourth-order valence-electron chi connectivity index (χ4n) is 4.98. The van der Waals surface area contributed by atoms with Crippen molar-refractivity contribution in [1.29, 1.82) is 0 Å². The van der Waals surface area contributed by atoms with Crippen molar-refractivity contribution in [1.82, 2.24) is 0 Å². The zero-order valence-electron chi connectivity index (χ0n) is 25.1. The summed E-state index contributed by atoms with van der Waals surface area (Å²) in [7, 11) is 1.43. The fraction of sp³-hybridized carbons (Fsp3) is 0.444. The molecule has 0 unspecified atom stereocenters. The van der Waals surface area contributed by atoms with Gasteiger partial charge in [0.1, 0.15) is 0 Å². The van der Waals surface area contributed by atoms with E-state index in [1.54, 1.807) is 0 Å². The third kappa shape index (κ3) is 14.2. The number of phenolic OH excluding ortho intramolecular Hbond substituents is 1. The third-order valence-corrected chi connectivity index (χ3v) is 7.37. The van der Waals surface area contributed by atoms with Gasteiger partial charge in [-0.2, -0.15) is 0 Å². The summed E-state index contributed by atoms with van der Waals surface area (Å²) in [5.74, 6) is -1.57. The van der Waals surface area contributed by atoms with Crippen molar-refractivity contribution in [3.63, 3.8) is 0 Å². The van der Waals surface area contributed by atoms with Gasteiger partial charge in [-0.1, -0.05) is 125 Å². The summed E-state index contributed by atoms with van der Waals surface area (Å²) in [5.41, 5.74) is 2.84. The maximum atomic E-state index is 11.2. The largest absolute Gasteiger partial charge is 0.504 e. The van der Waals surface area contributed by atoms with Crippen LogP contribution in [0.1, 0.15) is 111 Å². The molecule has 6 heteroatoms. The molecular formula is C36H48O6. The molecule has 3 aromatic carbocycles. The number of carbonyl (C=O) groups is 2. The number of unbranched alkanes of at least 4 members (excludes halogenated alkanes) is 11. The predicted octanol–water partition coefficient (Wildman–Crippen LogP) is 9.07. The minimum Gasteiger partial charge on any atom is -0.504 e. The van der Waals surface area contributed by atoms with Crippen molar-refractivity contribution in [3.05, 3.63) is 95.1 Å². The first-order valence-electron chi connectivity index (χ1n) is 15.3. The maximum absolute atomic E-state index is 11.2. The van der Waals surface area contributed by atoms with E-state index in [2.05, 4.69) is 30.3 Å². The van der Waals surface area contributed by atoms with Gasteiger partial charge in [0, 0.05) is 18.4 Å². The molecule has 6 nitrogen and oxygen atoms in total. The Morgan fingerprint density at radius 1 is 0.619 bits per heavy atom. The molecule has 0 radical (unpaired) electrons. The summed E-state index contributed by atoms with van der Waals surface area (Å²) in [6.07, 6.45) is 17.2. The molecule has 0 fully saturated rings. The molecule has 3 rings (SSSR count). The van der Waals surface area contributed by atoms with Gasteiger partial charge in [0.2, 0.25) is 0 Å². The normalized spacial score (nSPS) is 10.5. The first-order chi connectivity index (χ1) is 20.4. The molecule has 0 aliphatic carbocycles. The van der Waals surface area contributed by atoms with Gasteiger partial charge in [-0.15, -0.1) is 0 Å². The van der Waals surface area contributed by atoms with Crippen LogP contribution in [0, 0.1) is 0 Å². The Labute approximate surface area is 251 Å². The molecule has 3 N–H and O–H groups in total. The lowest BCUT2D eigenvalue weighted by Crippen LogP contribution is -2.04. The number of benzene rings is 3. The van der Waals surface area contributed by atoms with Gasteiger partial charge >= 0.3 is 11.9 Å². The lowest BCUT2D eigenvalue weighted by molar-refractivity contribution is -0.137. The van der Waals surface area contributed by atoms with Crippen LogP contribution in [0.5, 0.6) is 11.5 Å². The van der Waals surface area contributed by atoms with Crippen LogP contribution in [0.15, 0.2) is 72.8 Å².